The predicted octanol–water partition coefficient (Wildman–Crippen LogP) is 3.57. The molecule has 0 aliphatic rings. The van der Waals surface area contributed by atoms with Crippen molar-refractivity contribution in [2.24, 2.45) is 0 Å². The van der Waals surface area contributed by atoms with E-state index in [-0.39, 0.29) is 16.4 Å². The Kier molecular flexibility index (Phi) is 4.11. The molecule has 0 saturated heterocycles. The SMILES string of the molecule is Cc1ccc(C(=O)c2cccn2S(=O)(=O)c2ccc(C)cc2)cc1. The highest BCUT2D eigenvalue weighted by Gasteiger charge is 2.23. The maximum Gasteiger partial charge on any atom is 0.268 e. The lowest BCUT2D eigenvalue weighted by Crippen LogP contribution is -2.18. The summed E-state index contributed by atoms with van der Waals surface area (Å²) >= 11 is 0. The molecule has 24 heavy (non-hydrogen) atoms. The molecule has 0 aliphatic carbocycles. The minimum Gasteiger partial charge on any atom is -0.287 e. The van der Waals surface area contributed by atoms with Gasteiger partial charge in [0.1, 0.15) is 5.69 Å². The van der Waals surface area contributed by atoms with Gasteiger partial charge in [0, 0.05) is 11.8 Å². The maximum absolute atomic E-state index is 12.8. The number of aryl methyl sites for hydroxylation is 2. The van der Waals surface area contributed by atoms with E-state index >= 15 is 0 Å². The number of carbonyl (C=O) groups excluding carboxylic acids is 1. The van der Waals surface area contributed by atoms with Crippen LogP contribution in [0.15, 0.2) is 71.8 Å². The van der Waals surface area contributed by atoms with Gasteiger partial charge in [-0.25, -0.2) is 12.4 Å². The molecule has 1 heterocycles. The summed E-state index contributed by atoms with van der Waals surface area (Å²) in [6, 6.07) is 16.7. The van der Waals surface area contributed by atoms with Crippen LogP contribution in [0.1, 0.15) is 27.2 Å². The number of nitrogens with zero attached hydrogens (tertiary/aromatic N) is 1. The third-order valence-corrected chi connectivity index (χ3v) is 5.54. The standard InChI is InChI=1S/C19H17NO3S/c1-14-5-9-16(10-6-14)19(21)18-4-3-13-20(18)24(22,23)17-11-7-15(2)8-12-17/h3-13H,1-2H3. The summed E-state index contributed by atoms with van der Waals surface area (Å²) in [4.78, 5) is 12.8. The summed E-state index contributed by atoms with van der Waals surface area (Å²) in [6.45, 7) is 3.82. The topological polar surface area (TPSA) is 56.1 Å². The first-order valence-corrected chi connectivity index (χ1v) is 8.94. The minimum absolute atomic E-state index is 0.124. The molecule has 0 spiro atoms. The number of carbonyl (C=O) groups is 1. The molecule has 0 radical (unpaired) electrons. The predicted molar refractivity (Wildman–Crippen MR) is 92.8 cm³/mol. The number of aromatic nitrogens is 1. The Morgan fingerprint density at radius 1 is 0.833 bits per heavy atom. The second kappa shape index (κ2) is 6.09. The molecule has 3 aromatic rings. The molecule has 0 unspecified atom stereocenters. The summed E-state index contributed by atoms with van der Waals surface area (Å²) in [5.41, 5.74) is 2.59. The van der Waals surface area contributed by atoms with Crippen molar-refractivity contribution in [1.29, 1.82) is 0 Å². The minimum atomic E-state index is -3.81. The van der Waals surface area contributed by atoms with Crippen molar-refractivity contribution in [3.05, 3.63) is 89.2 Å². The van der Waals surface area contributed by atoms with Crippen LogP contribution in [0.3, 0.4) is 0 Å². The number of benzene rings is 2. The molecule has 0 N–H and O–H groups in total. The van der Waals surface area contributed by atoms with Gasteiger partial charge in [0.2, 0.25) is 5.78 Å². The van der Waals surface area contributed by atoms with Crippen molar-refractivity contribution in [3.63, 3.8) is 0 Å². The van der Waals surface area contributed by atoms with Crippen molar-refractivity contribution in [3.8, 4) is 0 Å². The zero-order valence-corrected chi connectivity index (χ0v) is 14.2. The van der Waals surface area contributed by atoms with Crippen molar-refractivity contribution in [1.82, 2.24) is 3.97 Å². The summed E-state index contributed by atoms with van der Waals surface area (Å²) < 4.78 is 26.7. The number of rotatable bonds is 4. The van der Waals surface area contributed by atoms with Crippen molar-refractivity contribution in [2.75, 3.05) is 0 Å². The summed E-state index contributed by atoms with van der Waals surface area (Å²) in [6.07, 6.45) is 1.40. The van der Waals surface area contributed by atoms with Gasteiger partial charge >= 0.3 is 0 Å². The summed E-state index contributed by atoms with van der Waals surface area (Å²) in [5, 5.41) is 0. The van der Waals surface area contributed by atoms with E-state index in [1.54, 1.807) is 42.5 Å². The van der Waals surface area contributed by atoms with Crippen LogP contribution >= 0.6 is 0 Å². The maximum atomic E-state index is 12.8. The Labute approximate surface area is 141 Å². The number of ketones is 1. The number of hydrogen-bond donors (Lipinski definition) is 0. The van der Waals surface area contributed by atoms with E-state index in [0.717, 1.165) is 15.1 Å². The lowest BCUT2D eigenvalue weighted by atomic mass is 10.1. The smallest absolute Gasteiger partial charge is 0.268 e. The third-order valence-electron chi connectivity index (χ3n) is 3.84. The molecule has 122 valence electrons. The largest absolute Gasteiger partial charge is 0.287 e. The van der Waals surface area contributed by atoms with E-state index in [0.29, 0.717) is 5.56 Å². The molecule has 0 saturated carbocycles. The molecule has 0 aliphatic heterocycles. The molecule has 2 aromatic carbocycles. The molecule has 1 aromatic heterocycles. The van der Waals surface area contributed by atoms with Crippen LogP contribution in [0.25, 0.3) is 0 Å². The summed E-state index contributed by atoms with van der Waals surface area (Å²) in [5.74, 6) is -0.323. The van der Waals surface area contributed by atoms with Gasteiger partial charge in [0.25, 0.3) is 10.0 Å². The molecule has 5 heteroatoms. The van der Waals surface area contributed by atoms with Crippen LogP contribution in [0.5, 0.6) is 0 Å². The Bertz CT molecular complexity index is 982. The molecule has 3 rings (SSSR count). The van der Waals surface area contributed by atoms with Gasteiger partial charge in [0.05, 0.1) is 4.90 Å². The van der Waals surface area contributed by atoms with Gasteiger partial charge in [-0.1, -0.05) is 47.5 Å². The molecule has 0 fully saturated rings. The van der Waals surface area contributed by atoms with E-state index in [2.05, 4.69) is 0 Å². The highest BCUT2D eigenvalue weighted by molar-refractivity contribution is 7.90. The third kappa shape index (κ3) is 2.90. The van der Waals surface area contributed by atoms with Gasteiger partial charge in [-0.3, -0.25) is 4.79 Å². The molecular weight excluding hydrogens is 322 g/mol. The first-order chi connectivity index (χ1) is 11.4. The monoisotopic (exact) mass is 339 g/mol. The van der Waals surface area contributed by atoms with E-state index in [4.69, 9.17) is 0 Å². The molecule has 0 atom stereocenters. The van der Waals surface area contributed by atoms with Crippen LogP contribution in [0, 0.1) is 13.8 Å². The second-order valence-electron chi connectivity index (χ2n) is 5.70. The fourth-order valence-corrected chi connectivity index (χ4v) is 3.77. The first kappa shape index (κ1) is 16.2. The lowest BCUT2D eigenvalue weighted by Gasteiger charge is -2.10. The van der Waals surface area contributed by atoms with Crippen LogP contribution < -0.4 is 0 Å². The lowest BCUT2D eigenvalue weighted by molar-refractivity contribution is 0.103. The zero-order chi connectivity index (χ0) is 17.3. The number of hydrogen-bond acceptors (Lipinski definition) is 3. The Hall–Kier alpha value is -2.66. The van der Waals surface area contributed by atoms with E-state index in [1.807, 2.05) is 26.0 Å². The average molecular weight is 339 g/mol. The molecule has 4 nitrogen and oxygen atoms in total. The van der Waals surface area contributed by atoms with Gasteiger partial charge in [-0.15, -0.1) is 0 Å². The van der Waals surface area contributed by atoms with Gasteiger partial charge < -0.3 is 0 Å². The fraction of sp³-hybridized carbons (Fsp3) is 0.105. The first-order valence-electron chi connectivity index (χ1n) is 7.50. The zero-order valence-electron chi connectivity index (χ0n) is 13.4. The quantitative estimate of drug-likeness (QED) is 0.683. The Morgan fingerprint density at radius 2 is 1.38 bits per heavy atom. The normalized spacial score (nSPS) is 11.4. The van der Waals surface area contributed by atoms with Crippen LogP contribution in [0.2, 0.25) is 0 Å². The van der Waals surface area contributed by atoms with Gasteiger partial charge in [0.15, 0.2) is 0 Å². The highest BCUT2D eigenvalue weighted by Crippen LogP contribution is 2.19. The summed E-state index contributed by atoms with van der Waals surface area (Å²) in [7, 11) is -3.81. The van der Waals surface area contributed by atoms with E-state index < -0.39 is 10.0 Å². The Balaban J connectivity index is 2.05. The van der Waals surface area contributed by atoms with Crippen molar-refractivity contribution < 1.29 is 13.2 Å². The molecular formula is C19H17NO3S. The fourth-order valence-electron chi connectivity index (χ4n) is 2.43. The highest BCUT2D eigenvalue weighted by atomic mass is 32.2. The van der Waals surface area contributed by atoms with E-state index in [9.17, 15) is 13.2 Å². The molecule has 0 amide bonds. The van der Waals surface area contributed by atoms with Crippen LogP contribution in [-0.2, 0) is 10.0 Å². The van der Waals surface area contributed by atoms with Gasteiger partial charge in [-0.2, -0.15) is 0 Å². The average Bonchev–Trinajstić information content (AvgIpc) is 3.06. The van der Waals surface area contributed by atoms with Gasteiger partial charge in [-0.05, 0) is 38.1 Å². The van der Waals surface area contributed by atoms with Crippen molar-refractivity contribution in [2.45, 2.75) is 18.7 Å². The Morgan fingerprint density at radius 3 is 1.96 bits per heavy atom. The van der Waals surface area contributed by atoms with Crippen LogP contribution in [0.4, 0.5) is 0 Å². The second-order valence-corrected chi connectivity index (χ2v) is 7.52. The van der Waals surface area contributed by atoms with Crippen molar-refractivity contribution >= 4 is 15.8 Å². The molecule has 0 bridgehead atoms. The van der Waals surface area contributed by atoms with Crippen LogP contribution in [-0.4, -0.2) is 18.2 Å². The van der Waals surface area contributed by atoms with E-state index in [1.165, 1.54) is 12.3 Å².